The molecule has 0 aliphatic carbocycles. The first-order valence-corrected chi connectivity index (χ1v) is 4.59. The van der Waals surface area contributed by atoms with E-state index in [9.17, 15) is 13.2 Å². The molecule has 0 bridgehead atoms. The number of ether oxygens (including phenoxy) is 1. The van der Waals surface area contributed by atoms with Gasteiger partial charge in [0.2, 0.25) is 0 Å². The van der Waals surface area contributed by atoms with Crippen molar-refractivity contribution in [1.82, 2.24) is 0 Å². The van der Waals surface area contributed by atoms with Crippen molar-refractivity contribution in [2.45, 2.75) is 19.7 Å². The zero-order valence-electron chi connectivity index (χ0n) is 8.58. The average molecular weight is 232 g/mol. The Morgan fingerprint density at radius 3 is 2.31 bits per heavy atom. The smallest absolute Gasteiger partial charge is 0.406 e. The molecule has 0 amide bonds. The maximum absolute atomic E-state index is 11.8. The standard InChI is InChI=1S/C10H11F3N2O/c1-2-9(14)15-7-3-5-8(6-4-7)16-10(11,12)13/h3-6H,2H2,1H3,(H2,14,15). The summed E-state index contributed by atoms with van der Waals surface area (Å²) in [6.07, 6.45) is -4.09. The largest absolute Gasteiger partial charge is 0.573 e. The fourth-order valence-corrected chi connectivity index (χ4v) is 0.967. The third-order valence-corrected chi connectivity index (χ3v) is 1.71. The van der Waals surface area contributed by atoms with Crippen LogP contribution >= 0.6 is 0 Å². The Balaban J connectivity index is 2.76. The third kappa shape index (κ3) is 4.20. The minimum Gasteiger partial charge on any atom is -0.406 e. The number of benzene rings is 1. The highest BCUT2D eigenvalue weighted by molar-refractivity contribution is 5.82. The molecule has 0 unspecified atom stereocenters. The van der Waals surface area contributed by atoms with Crippen LogP contribution in [0.4, 0.5) is 18.9 Å². The van der Waals surface area contributed by atoms with Gasteiger partial charge >= 0.3 is 6.36 Å². The van der Waals surface area contributed by atoms with Crippen LogP contribution in [0.25, 0.3) is 0 Å². The molecule has 0 spiro atoms. The molecule has 1 aromatic rings. The van der Waals surface area contributed by atoms with Crippen LogP contribution in [-0.2, 0) is 0 Å². The van der Waals surface area contributed by atoms with Gasteiger partial charge < -0.3 is 10.5 Å². The number of alkyl halides is 3. The molecule has 0 saturated heterocycles. The molecular formula is C10H11F3N2O. The maximum Gasteiger partial charge on any atom is 0.573 e. The Morgan fingerprint density at radius 1 is 1.31 bits per heavy atom. The van der Waals surface area contributed by atoms with Crippen molar-refractivity contribution in [3.63, 3.8) is 0 Å². The van der Waals surface area contributed by atoms with Gasteiger partial charge in [-0.1, -0.05) is 6.92 Å². The van der Waals surface area contributed by atoms with E-state index in [4.69, 9.17) is 5.73 Å². The fourth-order valence-electron chi connectivity index (χ4n) is 0.967. The van der Waals surface area contributed by atoms with Gasteiger partial charge in [-0.05, 0) is 24.3 Å². The van der Waals surface area contributed by atoms with Gasteiger partial charge in [0.05, 0.1) is 11.5 Å². The Hall–Kier alpha value is -1.72. The van der Waals surface area contributed by atoms with E-state index in [1.54, 1.807) is 0 Å². The van der Waals surface area contributed by atoms with Crippen molar-refractivity contribution in [2.24, 2.45) is 10.7 Å². The predicted octanol–water partition coefficient (Wildman–Crippen LogP) is 2.98. The summed E-state index contributed by atoms with van der Waals surface area (Å²) in [5.41, 5.74) is 5.98. The van der Waals surface area contributed by atoms with E-state index in [0.717, 1.165) is 0 Å². The number of halogens is 3. The third-order valence-electron chi connectivity index (χ3n) is 1.71. The van der Waals surface area contributed by atoms with E-state index in [-0.39, 0.29) is 5.75 Å². The number of rotatable bonds is 3. The first kappa shape index (κ1) is 12.4. The molecule has 16 heavy (non-hydrogen) atoms. The summed E-state index contributed by atoms with van der Waals surface area (Å²) in [6, 6.07) is 5.19. The van der Waals surface area contributed by atoms with E-state index in [1.165, 1.54) is 24.3 Å². The highest BCUT2D eigenvalue weighted by Crippen LogP contribution is 2.24. The van der Waals surface area contributed by atoms with Crippen molar-refractivity contribution < 1.29 is 17.9 Å². The highest BCUT2D eigenvalue weighted by Gasteiger charge is 2.30. The lowest BCUT2D eigenvalue weighted by Gasteiger charge is -2.08. The van der Waals surface area contributed by atoms with E-state index in [0.29, 0.717) is 17.9 Å². The van der Waals surface area contributed by atoms with Crippen LogP contribution in [0.5, 0.6) is 5.75 Å². The van der Waals surface area contributed by atoms with Crippen molar-refractivity contribution in [2.75, 3.05) is 0 Å². The van der Waals surface area contributed by atoms with Crippen LogP contribution in [0.2, 0.25) is 0 Å². The molecule has 0 heterocycles. The average Bonchev–Trinajstić information content (AvgIpc) is 2.18. The molecule has 1 aromatic carbocycles. The van der Waals surface area contributed by atoms with E-state index in [1.807, 2.05) is 6.92 Å². The lowest BCUT2D eigenvalue weighted by atomic mass is 10.3. The van der Waals surface area contributed by atoms with Gasteiger partial charge in [-0.3, -0.25) is 0 Å². The summed E-state index contributed by atoms with van der Waals surface area (Å²) in [7, 11) is 0. The topological polar surface area (TPSA) is 47.6 Å². The van der Waals surface area contributed by atoms with Crippen LogP contribution in [0.15, 0.2) is 29.3 Å². The Kier molecular flexibility index (Phi) is 3.76. The number of nitrogens with zero attached hydrogens (tertiary/aromatic N) is 1. The molecular weight excluding hydrogens is 221 g/mol. The summed E-state index contributed by atoms with van der Waals surface area (Å²) in [4.78, 5) is 3.97. The highest BCUT2D eigenvalue weighted by atomic mass is 19.4. The van der Waals surface area contributed by atoms with Gasteiger partial charge in [-0.15, -0.1) is 13.2 Å². The van der Waals surface area contributed by atoms with Crippen LogP contribution in [0, 0.1) is 0 Å². The zero-order chi connectivity index (χ0) is 12.2. The van der Waals surface area contributed by atoms with Gasteiger partial charge in [0, 0.05) is 6.42 Å². The molecule has 3 nitrogen and oxygen atoms in total. The number of nitrogens with two attached hydrogens (primary N) is 1. The summed E-state index contributed by atoms with van der Waals surface area (Å²) in [5, 5.41) is 0. The minimum absolute atomic E-state index is 0.276. The number of hydrogen-bond donors (Lipinski definition) is 1. The first-order valence-electron chi connectivity index (χ1n) is 4.59. The molecule has 0 saturated carbocycles. The predicted molar refractivity (Wildman–Crippen MR) is 54.7 cm³/mol. The molecule has 88 valence electrons. The quantitative estimate of drug-likeness (QED) is 0.643. The lowest BCUT2D eigenvalue weighted by molar-refractivity contribution is -0.274. The summed E-state index contributed by atoms with van der Waals surface area (Å²) in [5.74, 6) is 0.144. The SMILES string of the molecule is CCC(N)=Nc1ccc(OC(F)(F)F)cc1. The summed E-state index contributed by atoms with van der Waals surface area (Å²) < 4.78 is 39.2. The van der Waals surface area contributed by atoms with Gasteiger partial charge in [0.1, 0.15) is 5.75 Å². The van der Waals surface area contributed by atoms with Crippen molar-refractivity contribution in [1.29, 1.82) is 0 Å². The second-order valence-corrected chi connectivity index (χ2v) is 3.00. The fraction of sp³-hybridized carbons (Fsp3) is 0.300. The normalized spacial score (nSPS) is 12.6. The molecule has 0 fully saturated rings. The zero-order valence-corrected chi connectivity index (χ0v) is 8.58. The van der Waals surface area contributed by atoms with Gasteiger partial charge in [-0.25, -0.2) is 4.99 Å². The molecule has 0 radical (unpaired) electrons. The van der Waals surface area contributed by atoms with Crippen LogP contribution < -0.4 is 10.5 Å². The molecule has 0 aromatic heterocycles. The van der Waals surface area contributed by atoms with Crippen LogP contribution in [0.1, 0.15) is 13.3 Å². The van der Waals surface area contributed by atoms with Gasteiger partial charge in [0.25, 0.3) is 0 Å². The van der Waals surface area contributed by atoms with Crippen molar-refractivity contribution >= 4 is 11.5 Å². The molecule has 0 atom stereocenters. The van der Waals surface area contributed by atoms with Crippen molar-refractivity contribution in [3.05, 3.63) is 24.3 Å². The Bertz CT molecular complexity index is 371. The van der Waals surface area contributed by atoms with Gasteiger partial charge in [-0.2, -0.15) is 0 Å². The van der Waals surface area contributed by atoms with Crippen molar-refractivity contribution in [3.8, 4) is 5.75 Å². The Labute approximate surface area is 90.7 Å². The molecule has 0 aliphatic heterocycles. The number of amidine groups is 1. The summed E-state index contributed by atoms with van der Waals surface area (Å²) in [6.45, 7) is 1.83. The Morgan fingerprint density at radius 2 is 1.88 bits per heavy atom. The molecule has 6 heteroatoms. The second kappa shape index (κ2) is 4.87. The number of aliphatic imine (C=N–C) groups is 1. The first-order chi connectivity index (χ1) is 7.40. The molecule has 2 N–H and O–H groups in total. The molecule has 0 aliphatic rings. The lowest BCUT2D eigenvalue weighted by Crippen LogP contribution is -2.16. The van der Waals surface area contributed by atoms with E-state index >= 15 is 0 Å². The maximum atomic E-state index is 11.8. The molecule has 1 rings (SSSR count). The van der Waals surface area contributed by atoms with Gasteiger partial charge in [0.15, 0.2) is 0 Å². The monoisotopic (exact) mass is 232 g/mol. The van der Waals surface area contributed by atoms with Crippen LogP contribution in [-0.4, -0.2) is 12.2 Å². The minimum atomic E-state index is -4.67. The summed E-state index contributed by atoms with van der Waals surface area (Å²) >= 11 is 0. The van der Waals surface area contributed by atoms with E-state index in [2.05, 4.69) is 9.73 Å². The van der Waals surface area contributed by atoms with Crippen LogP contribution in [0.3, 0.4) is 0 Å². The number of hydrogen-bond acceptors (Lipinski definition) is 2. The van der Waals surface area contributed by atoms with E-state index < -0.39 is 6.36 Å². The second-order valence-electron chi connectivity index (χ2n) is 3.00.